The summed E-state index contributed by atoms with van der Waals surface area (Å²) in [5.74, 6) is 0.277. The molecule has 0 saturated heterocycles. The quantitative estimate of drug-likeness (QED) is 0.312. The normalized spacial score (nSPS) is 11.3. The Morgan fingerprint density at radius 1 is 1.13 bits per heavy atom. The molecule has 0 radical (unpaired) electrons. The summed E-state index contributed by atoms with van der Waals surface area (Å²) in [5.41, 5.74) is 2.99. The van der Waals surface area contributed by atoms with E-state index in [1.165, 1.54) is 35.2 Å². The van der Waals surface area contributed by atoms with Crippen LogP contribution in [0.2, 0.25) is 0 Å². The van der Waals surface area contributed by atoms with Crippen LogP contribution >= 0.6 is 23.1 Å². The lowest BCUT2D eigenvalue weighted by molar-refractivity contribution is -0.113. The van der Waals surface area contributed by atoms with Gasteiger partial charge in [-0.3, -0.25) is 4.79 Å². The second kappa shape index (κ2) is 8.05. The van der Waals surface area contributed by atoms with Gasteiger partial charge in [0.1, 0.15) is 11.6 Å². The van der Waals surface area contributed by atoms with Crippen molar-refractivity contribution in [1.82, 2.24) is 24.6 Å². The van der Waals surface area contributed by atoms with Gasteiger partial charge in [-0.05, 0) is 43.3 Å². The number of hydrogen-bond donors (Lipinski definition) is 1. The van der Waals surface area contributed by atoms with Crippen LogP contribution < -0.4 is 5.32 Å². The number of thioether (sulfide) groups is 1. The topological polar surface area (TPSA) is 85.1 Å². The average Bonchev–Trinajstić information content (AvgIpc) is 3.39. The Hall–Kier alpha value is -3.37. The van der Waals surface area contributed by atoms with E-state index in [0.717, 1.165) is 22.1 Å². The molecule has 2 aromatic carbocycles. The van der Waals surface area contributed by atoms with Crippen molar-refractivity contribution in [3.63, 3.8) is 0 Å². The maximum atomic E-state index is 13.1. The number of amides is 1. The van der Waals surface area contributed by atoms with Crippen molar-refractivity contribution >= 4 is 50.7 Å². The van der Waals surface area contributed by atoms with E-state index in [-0.39, 0.29) is 17.5 Å². The number of hydrogen-bond acceptors (Lipinski definition) is 7. The number of rotatable bonds is 5. The van der Waals surface area contributed by atoms with E-state index in [9.17, 15) is 9.18 Å². The SMILES string of the molecule is Cc1nc2c3ccccc3nc(SCC(=O)Nc3nc(-c4ccc(F)cc4)cs3)n2n1. The van der Waals surface area contributed by atoms with Gasteiger partial charge >= 0.3 is 0 Å². The van der Waals surface area contributed by atoms with Crippen LogP contribution in [0.1, 0.15) is 5.82 Å². The van der Waals surface area contributed by atoms with Crippen molar-refractivity contribution in [2.45, 2.75) is 12.1 Å². The molecule has 0 aliphatic carbocycles. The fourth-order valence-electron chi connectivity index (χ4n) is 3.10. The van der Waals surface area contributed by atoms with Gasteiger partial charge < -0.3 is 5.32 Å². The summed E-state index contributed by atoms with van der Waals surface area (Å²) in [6, 6.07) is 13.8. The fraction of sp³-hybridized carbons (Fsp3) is 0.0952. The lowest BCUT2D eigenvalue weighted by Crippen LogP contribution is -2.14. The van der Waals surface area contributed by atoms with Gasteiger partial charge in [-0.1, -0.05) is 23.9 Å². The number of carbonyl (C=O) groups excluding carboxylic acids is 1. The molecule has 0 spiro atoms. The zero-order valence-electron chi connectivity index (χ0n) is 16.2. The average molecular weight is 451 g/mol. The summed E-state index contributed by atoms with van der Waals surface area (Å²) >= 11 is 2.60. The molecule has 0 saturated carbocycles. The molecule has 0 aliphatic heterocycles. The van der Waals surface area contributed by atoms with Crippen molar-refractivity contribution in [2.24, 2.45) is 0 Å². The summed E-state index contributed by atoms with van der Waals surface area (Å²) < 4.78 is 14.8. The van der Waals surface area contributed by atoms with E-state index >= 15 is 0 Å². The standard InChI is InChI=1S/C21H15FN6OS2/c1-12-23-19-15-4-2-3-5-16(15)25-21(28(19)27-12)31-11-18(29)26-20-24-17(10-30-20)13-6-8-14(22)9-7-13/h2-10H,11H2,1H3,(H,24,26,29). The second-order valence-electron chi connectivity index (χ2n) is 6.69. The number of benzene rings is 2. The number of anilines is 1. The Bertz CT molecular complexity index is 1410. The van der Waals surface area contributed by atoms with Crippen molar-refractivity contribution < 1.29 is 9.18 Å². The first kappa shape index (κ1) is 19.6. The highest BCUT2D eigenvalue weighted by atomic mass is 32.2. The number of nitrogens with one attached hydrogen (secondary N) is 1. The van der Waals surface area contributed by atoms with Gasteiger partial charge in [0.25, 0.3) is 0 Å². The predicted octanol–water partition coefficient (Wildman–Crippen LogP) is 4.58. The van der Waals surface area contributed by atoms with Crippen molar-refractivity contribution in [3.05, 3.63) is 65.6 Å². The van der Waals surface area contributed by atoms with E-state index in [1.54, 1.807) is 16.6 Å². The van der Waals surface area contributed by atoms with Crippen LogP contribution in [0, 0.1) is 12.7 Å². The molecule has 5 rings (SSSR count). The first-order chi connectivity index (χ1) is 15.1. The van der Waals surface area contributed by atoms with Gasteiger partial charge in [-0.15, -0.1) is 16.4 Å². The molecule has 3 heterocycles. The van der Waals surface area contributed by atoms with Crippen LogP contribution in [0.4, 0.5) is 9.52 Å². The molecule has 10 heteroatoms. The Morgan fingerprint density at radius 2 is 1.94 bits per heavy atom. The van der Waals surface area contributed by atoms with E-state index in [0.29, 0.717) is 21.8 Å². The Labute approximate surface area is 184 Å². The lowest BCUT2D eigenvalue weighted by atomic mass is 10.2. The number of thiazole rings is 1. The maximum absolute atomic E-state index is 13.1. The second-order valence-corrected chi connectivity index (χ2v) is 8.49. The molecule has 0 aliphatic rings. The zero-order valence-corrected chi connectivity index (χ0v) is 17.9. The van der Waals surface area contributed by atoms with Gasteiger partial charge in [0.15, 0.2) is 15.9 Å². The third-order valence-corrected chi connectivity index (χ3v) is 6.16. The first-order valence-electron chi connectivity index (χ1n) is 9.33. The van der Waals surface area contributed by atoms with Crippen LogP contribution in [0.3, 0.4) is 0 Å². The summed E-state index contributed by atoms with van der Waals surface area (Å²) in [5, 5.41) is 11.0. The fourth-order valence-corrected chi connectivity index (χ4v) is 4.58. The molecule has 0 atom stereocenters. The minimum absolute atomic E-state index is 0.144. The minimum Gasteiger partial charge on any atom is -0.301 e. The molecule has 1 amide bonds. The molecule has 31 heavy (non-hydrogen) atoms. The van der Waals surface area contributed by atoms with Crippen molar-refractivity contribution in [1.29, 1.82) is 0 Å². The number of nitrogens with zero attached hydrogens (tertiary/aromatic N) is 5. The molecular weight excluding hydrogens is 435 g/mol. The van der Waals surface area contributed by atoms with Gasteiger partial charge in [0.05, 0.1) is 17.0 Å². The maximum Gasteiger partial charge on any atom is 0.236 e. The Balaban J connectivity index is 1.32. The van der Waals surface area contributed by atoms with Crippen LogP contribution in [-0.4, -0.2) is 36.2 Å². The summed E-state index contributed by atoms with van der Waals surface area (Å²) in [6.07, 6.45) is 0. The van der Waals surface area contributed by atoms with Crippen molar-refractivity contribution in [3.8, 4) is 11.3 Å². The summed E-state index contributed by atoms with van der Waals surface area (Å²) in [7, 11) is 0. The van der Waals surface area contributed by atoms with Crippen LogP contribution in [0.15, 0.2) is 59.1 Å². The van der Waals surface area contributed by atoms with Gasteiger partial charge in [-0.25, -0.2) is 19.3 Å². The predicted molar refractivity (Wildman–Crippen MR) is 120 cm³/mol. The number of carbonyl (C=O) groups is 1. The first-order valence-corrected chi connectivity index (χ1v) is 11.2. The van der Waals surface area contributed by atoms with Crippen LogP contribution in [-0.2, 0) is 4.79 Å². The smallest absolute Gasteiger partial charge is 0.236 e. The van der Waals surface area contributed by atoms with Gasteiger partial charge in [0.2, 0.25) is 5.91 Å². The molecule has 0 unspecified atom stereocenters. The van der Waals surface area contributed by atoms with E-state index < -0.39 is 0 Å². The van der Waals surface area contributed by atoms with E-state index in [1.807, 2.05) is 36.6 Å². The molecular formula is C21H15FN6OS2. The number of fused-ring (bicyclic) bond motifs is 3. The van der Waals surface area contributed by atoms with Gasteiger partial charge in [0, 0.05) is 16.3 Å². The highest BCUT2D eigenvalue weighted by Gasteiger charge is 2.15. The van der Waals surface area contributed by atoms with Crippen LogP contribution in [0.5, 0.6) is 0 Å². The molecule has 3 aromatic heterocycles. The molecule has 154 valence electrons. The summed E-state index contributed by atoms with van der Waals surface area (Å²) in [6.45, 7) is 1.82. The molecule has 1 N–H and O–H groups in total. The summed E-state index contributed by atoms with van der Waals surface area (Å²) in [4.78, 5) is 26.1. The van der Waals surface area contributed by atoms with Gasteiger partial charge in [-0.2, -0.15) is 4.52 Å². The van der Waals surface area contributed by atoms with Crippen LogP contribution in [0.25, 0.3) is 27.8 Å². The highest BCUT2D eigenvalue weighted by Crippen LogP contribution is 2.26. The van der Waals surface area contributed by atoms with E-state index in [2.05, 4.69) is 25.4 Å². The number of aromatic nitrogens is 5. The Kier molecular flexibility index (Phi) is 5.08. The van der Waals surface area contributed by atoms with E-state index in [4.69, 9.17) is 0 Å². The van der Waals surface area contributed by atoms with Crippen molar-refractivity contribution in [2.75, 3.05) is 11.1 Å². The molecule has 5 aromatic rings. The molecule has 0 bridgehead atoms. The molecule has 7 nitrogen and oxygen atoms in total. The minimum atomic E-state index is -0.302. The lowest BCUT2D eigenvalue weighted by Gasteiger charge is -2.06. The third kappa shape index (κ3) is 3.99. The number of halogens is 1. The number of para-hydroxylation sites is 1. The number of aryl methyl sites for hydroxylation is 1. The Morgan fingerprint density at radius 3 is 2.77 bits per heavy atom. The largest absolute Gasteiger partial charge is 0.301 e. The molecule has 0 fully saturated rings. The monoisotopic (exact) mass is 450 g/mol. The highest BCUT2D eigenvalue weighted by molar-refractivity contribution is 7.99. The zero-order chi connectivity index (χ0) is 21.4. The third-order valence-electron chi connectivity index (χ3n) is 4.48.